The summed E-state index contributed by atoms with van der Waals surface area (Å²) >= 11 is 3.50. The number of nitrogens with zero attached hydrogens (tertiary/aromatic N) is 3. The number of hydrogen-bond acceptors (Lipinski definition) is 2. The SMILES string of the molecule is CC(=O)N1CCc2nc3c(Br)cccn3c2C1. The summed E-state index contributed by atoms with van der Waals surface area (Å²) in [6, 6.07) is 3.96. The van der Waals surface area contributed by atoms with Crippen molar-refractivity contribution < 1.29 is 4.79 Å². The van der Waals surface area contributed by atoms with Crippen LogP contribution >= 0.6 is 15.9 Å². The molecule has 4 nitrogen and oxygen atoms in total. The molecule has 1 aliphatic heterocycles. The molecule has 3 heterocycles. The van der Waals surface area contributed by atoms with Crippen molar-refractivity contribution in [1.82, 2.24) is 14.3 Å². The summed E-state index contributed by atoms with van der Waals surface area (Å²) in [5.74, 6) is 0.126. The monoisotopic (exact) mass is 293 g/mol. The van der Waals surface area contributed by atoms with Crippen molar-refractivity contribution in [2.24, 2.45) is 0 Å². The molecule has 0 saturated carbocycles. The highest BCUT2D eigenvalue weighted by Crippen LogP contribution is 2.24. The molecule has 1 aliphatic rings. The van der Waals surface area contributed by atoms with Crippen molar-refractivity contribution in [3.05, 3.63) is 34.2 Å². The fourth-order valence-corrected chi connectivity index (χ4v) is 2.70. The molecule has 0 bridgehead atoms. The zero-order chi connectivity index (χ0) is 12.0. The summed E-state index contributed by atoms with van der Waals surface area (Å²) < 4.78 is 3.05. The van der Waals surface area contributed by atoms with Gasteiger partial charge in [0.15, 0.2) is 5.65 Å². The van der Waals surface area contributed by atoms with Crippen LogP contribution in [0.4, 0.5) is 0 Å². The number of imidazole rings is 1. The number of amides is 1. The van der Waals surface area contributed by atoms with Gasteiger partial charge in [-0.25, -0.2) is 4.98 Å². The Balaban J connectivity index is 2.15. The lowest BCUT2D eigenvalue weighted by Crippen LogP contribution is -2.34. The maximum absolute atomic E-state index is 11.4. The fraction of sp³-hybridized carbons (Fsp3) is 0.333. The van der Waals surface area contributed by atoms with E-state index in [1.54, 1.807) is 6.92 Å². The molecule has 0 atom stereocenters. The first-order chi connectivity index (χ1) is 8.16. The van der Waals surface area contributed by atoms with Gasteiger partial charge in [-0.2, -0.15) is 0 Å². The molecule has 3 rings (SSSR count). The molecule has 2 aromatic heterocycles. The number of pyridine rings is 1. The highest BCUT2D eigenvalue weighted by molar-refractivity contribution is 9.10. The first-order valence-corrected chi connectivity index (χ1v) is 6.36. The highest BCUT2D eigenvalue weighted by atomic mass is 79.9. The van der Waals surface area contributed by atoms with E-state index in [0.717, 1.165) is 34.5 Å². The van der Waals surface area contributed by atoms with Gasteiger partial charge in [-0.1, -0.05) is 0 Å². The van der Waals surface area contributed by atoms with Crippen molar-refractivity contribution in [3.8, 4) is 0 Å². The van der Waals surface area contributed by atoms with E-state index in [-0.39, 0.29) is 5.91 Å². The molecule has 1 amide bonds. The Morgan fingerprint density at radius 2 is 2.35 bits per heavy atom. The second-order valence-corrected chi connectivity index (χ2v) is 5.10. The van der Waals surface area contributed by atoms with E-state index in [1.165, 1.54) is 0 Å². The van der Waals surface area contributed by atoms with E-state index in [2.05, 4.69) is 25.3 Å². The Labute approximate surface area is 107 Å². The van der Waals surface area contributed by atoms with Crippen molar-refractivity contribution in [1.29, 1.82) is 0 Å². The number of rotatable bonds is 0. The lowest BCUT2D eigenvalue weighted by Gasteiger charge is -2.25. The molecule has 17 heavy (non-hydrogen) atoms. The van der Waals surface area contributed by atoms with Gasteiger partial charge in [-0.15, -0.1) is 0 Å². The molecular formula is C12H12BrN3O. The van der Waals surface area contributed by atoms with Crippen LogP contribution in [0.5, 0.6) is 0 Å². The van der Waals surface area contributed by atoms with Crippen molar-refractivity contribution in [3.63, 3.8) is 0 Å². The van der Waals surface area contributed by atoms with E-state index in [9.17, 15) is 4.79 Å². The van der Waals surface area contributed by atoms with E-state index < -0.39 is 0 Å². The molecule has 2 aromatic rings. The lowest BCUT2D eigenvalue weighted by atomic mass is 10.1. The summed E-state index contributed by atoms with van der Waals surface area (Å²) in [6.07, 6.45) is 2.83. The summed E-state index contributed by atoms with van der Waals surface area (Å²) in [7, 11) is 0. The molecule has 0 aliphatic carbocycles. The number of aromatic nitrogens is 2. The highest BCUT2D eigenvalue weighted by Gasteiger charge is 2.23. The van der Waals surface area contributed by atoms with Gasteiger partial charge in [-0.05, 0) is 28.1 Å². The molecular weight excluding hydrogens is 282 g/mol. The molecule has 88 valence electrons. The van der Waals surface area contributed by atoms with Crippen molar-refractivity contribution >= 4 is 27.5 Å². The molecule has 0 spiro atoms. The van der Waals surface area contributed by atoms with Gasteiger partial charge in [0, 0.05) is 26.1 Å². The predicted octanol–water partition coefficient (Wildman–Crippen LogP) is 2.00. The summed E-state index contributed by atoms with van der Waals surface area (Å²) in [5, 5.41) is 0. The molecule has 0 aromatic carbocycles. The van der Waals surface area contributed by atoms with E-state index in [0.29, 0.717) is 6.54 Å². The maximum atomic E-state index is 11.4. The quantitative estimate of drug-likeness (QED) is 0.745. The third-order valence-corrected chi connectivity index (χ3v) is 3.81. The average Bonchev–Trinajstić information content (AvgIpc) is 2.68. The summed E-state index contributed by atoms with van der Waals surface area (Å²) in [5.41, 5.74) is 3.17. The Kier molecular flexibility index (Phi) is 2.43. The maximum Gasteiger partial charge on any atom is 0.219 e. The van der Waals surface area contributed by atoms with Gasteiger partial charge >= 0.3 is 0 Å². The zero-order valence-electron chi connectivity index (χ0n) is 9.48. The van der Waals surface area contributed by atoms with Gasteiger partial charge in [0.2, 0.25) is 5.91 Å². The minimum absolute atomic E-state index is 0.126. The first-order valence-electron chi connectivity index (χ1n) is 5.56. The second-order valence-electron chi connectivity index (χ2n) is 4.25. The third-order valence-electron chi connectivity index (χ3n) is 3.19. The van der Waals surface area contributed by atoms with Crippen LogP contribution in [0.15, 0.2) is 22.8 Å². The molecule has 0 N–H and O–H groups in total. The van der Waals surface area contributed by atoms with E-state index >= 15 is 0 Å². The molecule has 0 saturated heterocycles. The first kappa shape index (κ1) is 10.8. The Hall–Kier alpha value is -1.36. The normalized spacial score (nSPS) is 15.1. The minimum Gasteiger partial charge on any atom is -0.337 e. The second kappa shape index (κ2) is 3.84. The molecule has 5 heteroatoms. The van der Waals surface area contributed by atoms with E-state index in [1.807, 2.05) is 23.2 Å². The predicted molar refractivity (Wildman–Crippen MR) is 67.7 cm³/mol. The summed E-state index contributed by atoms with van der Waals surface area (Å²) in [4.78, 5) is 17.9. The van der Waals surface area contributed by atoms with Gasteiger partial charge in [0.05, 0.1) is 22.4 Å². The van der Waals surface area contributed by atoms with Crippen LogP contribution in [0, 0.1) is 0 Å². The van der Waals surface area contributed by atoms with Gasteiger partial charge in [0.1, 0.15) is 0 Å². The average molecular weight is 294 g/mol. The van der Waals surface area contributed by atoms with Crippen LogP contribution < -0.4 is 0 Å². The topological polar surface area (TPSA) is 37.6 Å². The van der Waals surface area contributed by atoms with Gasteiger partial charge in [0.25, 0.3) is 0 Å². The number of carbonyl (C=O) groups excluding carboxylic acids is 1. The molecule has 0 unspecified atom stereocenters. The van der Waals surface area contributed by atoms with E-state index in [4.69, 9.17) is 0 Å². The lowest BCUT2D eigenvalue weighted by molar-refractivity contribution is -0.129. The van der Waals surface area contributed by atoms with Crippen LogP contribution in [0.25, 0.3) is 5.65 Å². The molecule has 0 fully saturated rings. The van der Waals surface area contributed by atoms with Crippen molar-refractivity contribution in [2.45, 2.75) is 19.9 Å². The fourth-order valence-electron chi connectivity index (χ4n) is 2.27. The van der Waals surface area contributed by atoms with Gasteiger partial charge < -0.3 is 9.30 Å². The number of fused-ring (bicyclic) bond motifs is 3. The van der Waals surface area contributed by atoms with Crippen LogP contribution in [0.3, 0.4) is 0 Å². The van der Waals surface area contributed by atoms with Crippen LogP contribution in [-0.2, 0) is 17.8 Å². The van der Waals surface area contributed by atoms with Crippen LogP contribution in [-0.4, -0.2) is 26.7 Å². The van der Waals surface area contributed by atoms with Crippen LogP contribution in [0.1, 0.15) is 18.3 Å². The van der Waals surface area contributed by atoms with Gasteiger partial charge in [-0.3, -0.25) is 4.79 Å². The summed E-state index contributed by atoms with van der Waals surface area (Å²) in [6.45, 7) is 3.04. The third kappa shape index (κ3) is 1.65. The van der Waals surface area contributed by atoms with Crippen molar-refractivity contribution in [2.75, 3.05) is 6.54 Å². The Bertz CT molecular complexity index is 605. The number of halogens is 1. The smallest absolute Gasteiger partial charge is 0.219 e. The zero-order valence-corrected chi connectivity index (χ0v) is 11.1. The minimum atomic E-state index is 0.126. The standard InChI is InChI=1S/C12H12BrN3O/c1-8(17)15-6-4-10-11(7-15)16-5-2-3-9(13)12(16)14-10/h2-3,5H,4,6-7H2,1H3. The largest absolute Gasteiger partial charge is 0.337 e. The Morgan fingerprint density at radius 1 is 1.53 bits per heavy atom. The van der Waals surface area contributed by atoms with Crippen LogP contribution in [0.2, 0.25) is 0 Å². The number of carbonyl (C=O) groups is 1. The Morgan fingerprint density at radius 3 is 3.12 bits per heavy atom. The number of hydrogen-bond donors (Lipinski definition) is 0. The molecule has 0 radical (unpaired) electrons.